The van der Waals surface area contributed by atoms with Crippen molar-refractivity contribution in [3.63, 3.8) is 0 Å². The average molecular weight is 241 g/mol. The molecule has 1 heterocycles. The standard InChI is InChI=1S/C16H19NO/c1-4-13-14(5-2)16(18)17-15(13)10-12-9-7-6-8-11(12)3/h6-10H,4-5H2,1-3H3,(H,17,18)/b15-10-. The first-order valence-corrected chi connectivity index (χ1v) is 6.48. The summed E-state index contributed by atoms with van der Waals surface area (Å²) in [6.45, 7) is 6.21. The number of allylic oxidation sites excluding steroid dienone is 1. The van der Waals surface area contributed by atoms with E-state index in [2.05, 4.69) is 37.4 Å². The predicted molar refractivity (Wildman–Crippen MR) is 74.9 cm³/mol. The molecule has 0 saturated heterocycles. The van der Waals surface area contributed by atoms with Crippen molar-refractivity contribution in [1.82, 2.24) is 5.32 Å². The third kappa shape index (κ3) is 2.23. The maximum atomic E-state index is 11.9. The van der Waals surface area contributed by atoms with Gasteiger partial charge < -0.3 is 5.32 Å². The fourth-order valence-corrected chi connectivity index (χ4v) is 2.38. The van der Waals surface area contributed by atoms with Gasteiger partial charge >= 0.3 is 0 Å². The topological polar surface area (TPSA) is 29.1 Å². The van der Waals surface area contributed by atoms with Crippen LogP contribution in [-0.4, -0.2) is 5.91 Å². The number of amides is 1. The van der Waals surface area contributed by atoms with Crippen LogP contribution >= 0.6 is 0 Å². The molecule has 0 aliphatic carbocycles. The van der Waals surface area contributed by atoms with Crippen LogP contribution in [0.15, 0.2) is 41.1 Å². The van der Waals surface area contributed by atoms with Crippen LogP contribution in [0.1, 0.15) is 37.8 Å². The molecule has 94 valence electrons. The highest BCUT2D eigenvalue weighted by Crippen LogP contribution is 2.27. The summed E-state index contributed by atoms with van der Waals surface area (Å²) in [6.07, 6.45) is 3.76. The highest BCUT2D eigenvalue weighted by molar-refractivity contribution is 6.01. The molecule has 1 aromatic carbocycles. The van der Waals surface area contributed by atoms with Crippen molar-refractivity contribution in [2.24, 2.45) is 0 Å². The lowest BCUT2D eigenvalue weighted by atomic mass is 10.0. The van der Waals surface area contributed by atoms with Crippen LogP contribution in [0.2, 0.25) is 0 Å². The fourth-order valence-electron chi connectivity index (χ4n) is 2.38. The van der Waals surface area contributed by atoms with Crippen LogP contribution in [0.4, 0.5) is 0 Å². The van der Waals surface area contributed by atoms with Gasteiger partial charge in [0, 0.05) is 11.3 Å². The van der Waals surface area contributed by atoms with Gasteiger partial charge in [0.15, 0.2) is 0 Å². The molecule has 2 heteroatoms. The number of hydrogen-bond donors (Lipinski definition) is 1. The summed E-state index contributed by atoms with van der Waals surface area (Å²) in [4.78, 5) is 11.9. The van der Waals surface area contributed by atoms with Crippen molar-refractivity contribution < 1.29 is 4.79 Å². The van der Waals surface area contributed by atoms with Crippen molar-refractivity contribution in [3.05, 3.63) is 52.2 Å². The first-order chi connectivity index (χ1) is 8.67. The zero-order valence-electron chi connectivity index (χ0n) is 11.2. The average Bonchev–Trinajstić information content (AvgIpc) is 2.67. The Labute approximate surface area is 108 Å². The largest absolute Gasteiger partial charge is 0.322 e. The second-order valence-electron chi connectivity index (χ2n) is 4.53. The van der Waals surface area contributed by atoms with Crippen LogP contribution in [0.3, 0.4) is 0 Å². The number of benzene rings is 1. The summed E-state index contributed by atoms with van der Waals surface area (Å²) in [7, 11) is 0. The Morgan fingerprint density at radius 1 is 1.11 bits per heavy atom. The lowest BCUT2D eigenvalue weighted by Gasteiger charge is -2.05. The van der Waals surface area contributed by atoms with Gasteiger partial charge in [-0.05, 0) is 42.5 Å². The van der Waals surface area contributed by atoms with Crippen LogP contribution < -0.4 is 5.32 Å². The molecule has 18 heavy (non-hydrogen) atoms. The molecule has 0 saturated carbocycles. The first kappa shape index (κ1) is 12.6. The summed E-state index contributed by atoms with van der Waals surface area (Å²) >= 11 is 0. The minimum absolute atomic E-state index is 0.0641. The Bertz CT molecular complexity index is 538. The molecule has 1 amide bonds. The molecule has 0 fully saturated rings. The molecule has 1 N–H and O–H groups in total. The minimum atomic E-state index is 0.0641. The molecular formula is C16H19NO. The van der Waals surface area contributed by atoms with E-state index in [1.54, 1.807) is 0 Å². The Balaban J connectivity index is 2.44. The van der Waals surface area contributed by atoms with Gasteiger partial charge in [-0.1, -0.05) is 38.1 Å². The summed E-state index contributed by atoms with van der Waals surface area (Å²) in [5.74, 6) is 0.0641. The number of aryl methyl sites for hydroxylation is 1. The molecule has 1 aliphatic rings. The molecule has 0 aromatic heterocycles. The molecule has 0 unspecified atom stereocenters. The van der Waals surface area contributed by atoms with Crippen molar-refractivity contribution in [2.45, 2.75) is 33.6 Å². The van der Waals surface area contributed by atoms with E-state index in [1.165, 1.54) is 5.56 Å². The van der Waals surface area contributed by atoms with E-state index >= 15 is 0 Å². The second kappa shape index (κ2) is 5.21. The second-order valence-corrected chi connectivity index (χ2v) is 4.53. The van der Waals surface area contributed by atoms with Crippen LogP contribution in [0.5, 0.6) is 0 Å². The van der Waals surface area contributed by atoms with E-state index in [0.717, 1.165) is 35.2 Å². The third-order valence-electron chi connectivity index (χ3n) is 3.41. The van der Waals surface area contributed by atoms with E-state index < -0.39 is 0 Å². The molecular weight excluding hydrogens is 222 g/mol. The summed E-state index contributed by atoms with van der Waals surface area (Å²) in [5.41, 5.74) is 5.44. The molecule has 2 rings (SSSR count). The van der Waals surface area contributed by atoms with Crippen molar-refractivity contribution in [2.75, 3.05) is 0 Å². The zero-order valence-corrected chi connectivity index (χ0v) is 11.2. The summed E-state index contributed by atoms with van der Waals surface area (Å²) < 4.78 is 0. The fraction of sp³-hybridized carbons (Fsp3) is 0.312. The molecule has 2 nitrogen and oxygen atoms in total. The van der Waals surface area contributed by atoms with Crippen LogP contribution in [0.25, 0.3) is 6.08 Å². The Morgan fingerprint density at radius 3 is 2.39 bits per heavy atom. The van der Waals surface area contributed by atoms with Gasteiger partial charge in [0.1, 0.15) is 0 Å². The number of nitrogens with one attached hydrogen (secondary N) is 1. The van der Waals surface area contributed by atoms with Gasteiger partial charge in [-0.25, -0.2) is 0 Å². The van der Waals surface area contributed by atoms with E-state index in [0.29, 0.717) is 0 Å². The van der Waals surface area contributed by atoms with Gasteiger partial charge in [0.05, 0.1) is 0 Å². The highest BCUT2D eigenvalue weighted by atomic mass is 16.1. The molecule has 1 aliphatic heterocycles. The zero-order chi connectivity index (χ0) is 13.1. The van der Waals surface area contributed by atoms with E-state index in [-0.39, 0.29) is 5.91 Å². The van der Waals surface area contributed by atoms with E-state index in [1.807, 2.05) is 19.1 Å². The van der Waals surface area contributed by atoms with Gasteiger partial charge in [-0.2, -0.15) is 0 Å². The Hall–Kier alpha value is -1.83. The number of carbonyl (C=O) groups is 1. The van der Waals surface area contributed by atoms with Gasteiger partial charge in [-0.15, -0.1) is 0 Å². The molecule has 0 bridgehead atoms. The first-order valence-electron chi connectivity index (χ1n) is 6.48. The maximum Gasteiger partial charge on any atom is 0.251 e. The molecule has 0 radical (unpaired) electrons. The normalized spacial score (nSPS) is 17.5. The number of hydrogen-bond acceptors (Lipinski definition) is 1. The summed E-state index contributed by atoms with van der Waals surface area (Å²) in [6, 6.07) is 8.20. The predicted octanol–water partition coefficient (Wildman–Crippen LogP) is 3.58. The Morgan fingerprint density at radius 2 is 1.78 bits per heavy atom. The third-order valence-corrected chi connectivity index (χ3v) is 3.41. The lowest BCUT2D eigenvalue weighted by Crippen LogP contribution is -2.16. The van der Waals surface area contributed by atoms with Crippen LogP contribution in [0, 0.1) is 6.92 Å². The molecule has 1 aromatic rings. The van der Waals surface area contributed by atoms with Gasteiger partial charge in [-0.3, -0.25) is 4.79 Å². The SMILES string of the molecule is CCC1=C(CC)/C(=C/c2ccccc2C)NC1=O. The van der Waals surface area contributed by atoms with E-state index in [4.69, 9.17) is 0 Å². The smallest absolute Gasteiger partial charge is 0.251 e. The van der Waals surface area contributed by atoms with Gasteiger partial charge in [0.2, 0.25) is 0 Å². The summed E-state index contributed by atoms with van der Waals surface area (Å²) in [5, 5.41) is 2.98. The lowest BCUT2D eigenvalue weighted by molar-refractivity contribution is -0.116. The minimum Gasteiger partial charge on any atom is -0.322 e. The molecule has 0 spiro atoms. The quantitative estimate of drug-likeness (QED) is 0.861. The van der Waals surface area contributed by atoms with Gasteiger partial charge in [0.25, 0.3) is 5.91 Å². The van der Waals surface area contributed by atoms with Crippen molar-refractivity contribution in [1.29, 1.82) is 0 Å². The molecule has 0 atom stereocenters. The number of carbonyl (C=O) groups excluding carboxylic acids is 1. The Kier molecular flexibility index (Phi) is 3.66. The van der Waals surface area contributed by atoms with Crippen molar-refractivity contribution >= 4 is 12.0 Å². The van der Waals surface area contributed by atoms with Crippen LogP contribution in [-0.2, 0) is 4.79 Å². The van der Waals surface area contributed by atoms with E-state index in [9.17, 15) is 4.79 Å². The monoisotopic (exact) mass is 241 g/mol. The maximum absolute atomic E-state index is 11.9. The highest BCUT2D eigenvalue weighted by Gasteiger charge is 2.24. The van der Waals surface area contributed by atoms with Crippen molar-refractivity contribution in [3.8, 4) is 0 Å². The number of rotatable bonds is 3.